The minimum Gasteiger partial charge on any atom is -0.507 e. The Bertz CT molecular complexity index is 1520. The van der Waals surface area contributed by atoms with E-state index in [1.165, 1.54) is 4.90 Å². The number of imidazole rings is 1. The summed E-state index contributed by atoms with van der Waals surface area (Å²) in [6.45, 7) is 2.62. The van der Waals surface area contributed by atoms with Gasteiger partial charge in [0.25, 0.3) is 5.78 Å². The molecule has 4 aromatic rings. The molecule has 4 heterocycles. The van der Waals surface area contributed by atoms with Crippen molar-refractivity contribution in [3.05, 3.63) is 88.8 Å². The van der Waals surface area contributed by atoms with Crippen LogP contribution in [0, 0.1) is 6.92 Å². The van der Waals surface area contributed by atoms with Gasteiger partial charge < -0.3 is 14.8 Å². The van der Waals surface area contributed by atoms with Crippen molar-refractivity contribution in [2.75, 3.05) is 11.5 Å². The second-order valence-corrected chi connectivity index (χ2v) is 8.81. The summed E-state index contributed by atoms with van der Waals surface area (Å²) in [6.07, 6.45) is 4.88. The number of amides is 1. The highest BCUT2D eigenvalue weighted by Gasteiger charge is 2.48. The fourth-order valence-electron chi connectivity index (χ4n) is 4.80. The van der Waals surface area contributed by atoms with Crippen LogP contribution in [0.1, 0.15) is 34.7 Å². The van der Waals surface area contributed by atoms with Gasteiger partial charge in [0.2, 0.25) is 5.95 Å². The van der Waals surface area contributed by atoms with Crippen molar-refractivity contribution in [2.24, 2.45) is 0 Å². The van der Waals surface area contributed by atoms with Gasteiger partial charge in [-0.3, -0.25) is 19.5 Å². The van der Waals surface area contributed by atoms with Crippen LogP contribution in [0.15, 0.2) is 66.5 Å². The highest BCUT2D eigenvalue weighted by atomic mass is 16.5. The highest BCUT2D eigenvalue weighted by Crippen LogP contribution is 2.42. The molecule has 0 saturated carbocycles. The molecule has 2 aliphatic rings. The molecule has 1 atom stereocenters. The normalized spacial score (nSPS) is 19.1. The molecule has 0 spiro atoms. The number of H-pyrrole nitrogens is 1. The van der Waals surface area contributed by atoms with Gasteiger partial charge in [0.1, 0.15) is 11.5 Å². The second-order valence-electron chi connectivity index (χ2n) is 8.81. The van der Waals surface area contributed by atoms with Crippen molar-refractivity contribution in [1.29, 1.82) is 0 Å². The van der Waals surface area contributed by atoms with Crippen LogP contribution in [0.3, 0.4) is 0 Å². The first-order valence-corrected chi connectivity index (χ1v) is 11.4. The Morgan fingerprint density at radius 2 is 1.94 bits per heavy atom. The molecule has 2 aromatic heterocycles. The molecule has 1 unspecified atom stereocenters. The monoisotopic (exact) mass is 466 g/mol. The summed E-state index contributed by atoms with van der Waals surface area (Å²) in [5.41, 5.74) is 4.54. The molecule has 8 heteroatoms. The first kappa shape index (κ1) is 21.1. The summed E-state index contributed by atoms with van der Waals surface area (Å²) < 4.78 is 5.68. The molecule has 2 aliphatic heterocycles. The van der Waals surface area contributed by atoms with Gasteiger partial charge in [0.05, 0.1) is 29.3 Å². The number of aryl methyl sites for hydroxylation is 2. The maximum atomic E-state index is 13.4. The van der Waals surface area contributed by atoms with E-state index in [1.54, 1.807) is 36.7 Å². The van der Waals surface area contributed by atoms with E-state index in [2.05, 4.69) is 15.0 Å². The average molecular weight is 466 g/mol. The van der Waals surface area contributed by atoms with Crippen molar-refractivity contribution >= 4 is 34.4 Å². The molecule has 8 nitrogen and oxygen atoms in total. The number of rotatable bonds is 3. The number of benzene rings is 2. The molecule has 1 saturated heterocycles. The number of aliphatic hydroxyl groups excluding tert-OH is 1. The third-order valence-electron chi connectivity index (χ3n) is 6.50. The van der Waals surface area contributed by atoms with E-state index < -0.39 is 17.7 Å². The number of Topliss-reactive ketones (excluding diaryl/α,β-unsaturated/α-hetero) is 1. The summed E-state index contributed by atoms with van der Waals surface area (Å²) in [4.78, 5) is 39.8. The van der Waals surface area contributed by atoms with Gasteiger partial charge in [-0.1, -0.05) is 6.07 Å². The topological polar surface area (TPSA) is 108 Å². The van der Waals surface area contributed by atoms with E-state index in [0.717, 1.165) is 35.2 Å². The number of aromatic amines is 1. The van der Waals surface area contributed by atoms with E-state index >= 15 is 0 Å². The molecule has 1 amide bonds. The third-order valence-corrected chi connectivity index (χ3v) is 6.50. The van der Waals surface area contributed by atoms with E-state index in [9.17, 15) is 14.7 Å². The van der Waals surface area contributed by atoms with Gasteiger partial charge in [-0.2, -0.15) is 0 Å². The number of anilines is 1. The minimum atomic E-state index is -0.869. The molecule has 6 rings (SSSR count). The minimum absolute atomic E-state index is 0.00881. The molecule has 0 bridgehead atoms. The lowest BCUT2D eigenvalue weighted by atomic mass is 9.94. The molecule has 0 radical (unpaired) electrons. The lowest BCUT2D eigenvalue weighted by Crippen LogP contribution is -2.30. The summed E-state index contributed by atoms with van der Waals surface area (Å²) >= 11 is 0. The quantitative estimate of drug-likeness (QED) is 0.266. The Labute approximate surface area is 200 Å². The molecule has 1 fully saturated rings. The van der Waals surface area contributed by atoms with Gasteiger partial charge in [-0.05, 0) is 78.9 Å². The number of nitrogens with one attached hydrogen (secondary N) is 1. The van der Waals surface area contributed by atoms with Crippen molar-refractivity contribution in [3.63, 3.8) is 0 Å². The number of hydrogen-bond acceptors (Lipinski definition) is 6. The van der Waals surface area contributed by atoms with Crippen LogP contribution in [0.5, 0.6) is 5.75 Å². The number of pyridine rings is 1. The molecule has 0 aliphatic carbocycles. The van der Waals surface area contributed by atoms with Crippen LogP contribution in [-0.4, -0.2) is 38.4 Å². The lowest BCUT2D eigenvalue weighted by Gasteiger charge is -2.23. The van der Waals surface area contributed by atoms with E-state index in [1.807, 2.05) is 31.2 Å². The number of hydrogen-bond donors (Lipinski definition) is 2. The maximum absolute atomic E-state index is 13.4. The van der Waals surface area contributed by atoms with Crippen LogP contribution in [0.2, 0.25) is 0 Å². The second kappa shape index (κ2) is 8.09. The number of nitrogens with zero attached hydrogens (tertiary/aromatic N) is 3. The Hall–Kier alpha value is -4.46. The summed E-state index contributed by atoms with van der Waals surface area (Å²) in [7, 11) is 0. The van der Waals surface area contributed by atoms with E-state index in [4.69, 9.17) is 4.74 Å². The highest BCUT2D eigenvalue weighted by molar-refractivity contribution is 6.51. The smallest absolute Gasteiger partial charge is 0.302 e. The Kier molecular flexibility index (Phi) is 4.88. The van der Waals surface area contributed by atoms with Crippen molar-refractivity contribution in [2.45, 2.75) is 25.8 Å². The number of aromatic nitrogens is 3. The zero-order valence-corrected chi connectivity index (χ0v) is 19.0. The first-order chi connectivity index (χ1) is 17.0. The molecular weight excluding hydrogens is 444 g/mol. The van der Waals surface area contributed by atoms with Gasteiger partial charge in [0.15, 0.2) is 0 Å². The fourth-order valence-corrected chi connectivity index (χ4v) is 4.80. The fraction of sp³-hybridized carbons (Fsp3) is 0.185. The SMILES string of the molecule is Cc1ccc2nc(N3C(=O)C(=O)/C(=C(/O)c4ccc5c(c4)CCCO5)C3c3ccncc3)[nH]c2c1. The number of carbonyl (C=O) groups excluding carboxylic acids is 2. The number of carbonyl (C=O) groups is 2. The molecular formula is C27H22N4O4. The first-order valence-electron chi connectivity index (χ1n) is 11.4. The maximum Gasteiger partial charge on any atom is 0.302 e. The van der Waals surface area contributed by atoms with Crippen LogP contribution in [0.4, 0.5) is 5.95 Å². The number of ketones is 1. The van der Waals surface area contributed by atoms with Crippen LogP contribution in [-0.2, 0) is 16.0 Å². The van der Waals surface area contributed by atoms with Crippen LogP contribution >= 0.6 is 0 Å². The van der Waals surface area contributed by atoms with Gasteiger partial charge in [0, 0.05) is 18.0 Å². The number of aliphatic hydroxyl groups is 1. The predicted molar refractivity (Wildman–Crippen MR) is 130 cm³/mol. The van der Waals surface area contributed by atoms with E-state index in [0.29, 0.717) is 23.3 Å². The lowest BCUT2D eigenvalue weighted by molar-refractivity contribution is -0.132. The van der Waals surface area contributed by atoms with Crippen molar-refractivity contribution in [3.8, 4) is 5.75 Å². The third kappa shape index (κ3) is 3.45. The van der Waals surface area contributed by atoms with Crippen LogP contribution in [0.25, 0.3) is 16.8 Å². The zero-order valence-electron chi connectivity index (χ0n) is 19.0. The Balaban J connectivity index is 1.53. The molecule has 174 valence electrons. The number of ether oxygens (including phenoxy) is 1. The van der Waals surface area contributed by atoms with Crippen molar-refractivity contribution in [1.82, 2.24) is 15.0 Å². The molecule has 2 N–H and O–H groups in total. The standard InChI is InChI=1S/C27H22N4O4/c1-15-4-6-19-20(13-15)30-27(29-19)31-23(16-8-10-28-11-9-16)22(25(33)26(31)34)24(32)18-5-7-21-17(14-18)3-2-12-35-21/h4-11,13-14,23,32H,2-3,12H2,1H3,(H,29,30)/b24-22+. The number of fused-ring (bicyclic) bond motifs is 2. The molecule has 2 aromatic carbocycles. The van der Waals surface area contributed by atoms with Gasteiger partial charge in [-0.15, -0.1) is 0 Å². The van der Waals surface area contributed by atoms with Crippen LogP contribution < -0.4 is 9.64 Å². The molecule has 35 heavy (non-hydrogen) atoms. The summed E-state index contributed by atoms with van der Waals surface area (Å²) in [5, 5.41) is 11.4. The summed E-state index contributed by atoms with van der Waals surface area (Å²) in [6, 6.07) is 13.6. The predicted octanol–water partition coefficient (Wildman–Crippen LogP) is 4.22. The van der Waals surface area contributed by atoms with Gasteiger partial charge >= 0.3 is 5.91 Å². The average Bonchev–Trinajstić information content (AvgIpc) is 3.41. The Morgan fingerprint density at radius 3 is 2.77 bits per heavy atom. The Morgan fingerprint density at radius 1 is 1.11 bits per heavy atom. The zero-order chi connectivity index (χ0) is 24.1. The largest absolute Gasteiger partial charge is 0.507 e. The summed E-state index contributed by atoms with van der Waals surface area (Å²) in [5.74, 6) is -0.739. The van der Waals surface area contributed by atoms with Gasteiger partial charge in [-0.25, -0.2) is 4.98 Å². The van der Waals surface area contributed by atoms with E-state index in [-0.39, 0.29) is 17.3 Å². The van der Waals surface area contributed by atoms with Crippen molar-refractivity contribution < 1.29 is 19.4 Å².